The van der Waals surface area contributed by atoms with Crippen LogP contribution < -0.4 is 4.74 Å². The fraction of sp³-hybridized carbons (Fsp3) is 0.444. The van der Waals surface area contributed by atoms with Crippen molar-refractivity contribution in [2.75, 3.05) is 6.54 Å². The van der Waals surface area contributed by atoms with Gasteiger partial charge in [0.15, 0.2) is 0 Å². The molecule has 3 rings (SSSR count). The van der Waals surface area contributed by atoms with E-state index in [2.05, 4.69) is 11.9 Å². The van der Waals surface area contributed by atoms with E-state index >= 15 is 0 Å². The van der Waals surface area contributed by atoms with Gasteiger partial charge in [0.2, 0.25) is 5.91 Å². The van der Waals surface area contributed by atoms with Gasteiger partial charge >= 0.3 is 0 Å². The molecule has 24 heavy (non-hydrogen) atoms. The maximum Gasteiger partial charge on any atom is 0.226 e. The molecule has 0 unspecified atom stereocenters. The van der Waals surface area contributed by atoms with Crippen LogP contribution in [0.2, 0.25) is 5.02 Å². The van der Waals surface area contributed by atoms with Crippen molar-refractivity contribution >= 4 is 28.8 Å². The smallest absolute Gasteiger partial charge is 0.226 e. The summed E-state index contributed by atoms with van der Waals surface area (Å²) in [5.74, 6) is 1.30. The molecule has 1 aromatic heterocycles. The lowest BCUT2D eigenvalue weighted by Crippen LogP contribution is -2.32. The van der Waals surface area contributed by atoms with Crippen LogP contribution in [0, 0.1) is 5.92 Å². The number of nitrogens with zero attached hydrogens (tertiary/aromatic N) is 2. The molecule has 1 amide bonds. The first-order valence-electron chi connectivity index (χ1n) is 8.26. The molecular weight excluding hydrogens is 344 g/mol. The van der Waals surface area contributed by atoms with Crippen LogP contribution in [0.15, 0.2) is 29.6 Å². The molecule has 0 spiro atoms. The molecule has 0 atom stereocenters. The summed E-state index contributed by atoms with van der Waals surface area (Å²) in [6, 6.07) is 7.29. The largest absolute Gasteiger partial charge is 0.486 e. The van der Waals surface area contributed by atoms with Gasteiger partial charge in [-0.05, 0) is 43.5 Å². The van der Waals surface area contributed by atoms with Gasteiger partial charge in [0.25, 0.3) is 0 Å². The van der Waals surface area contributed by atoms with E-state index in [4.69, 9.17) is 16.3 Å². The molecule has 2 aromatic rings. The summed E-state index contributed by atoms with van der Waals surface area (Å²) in [6.07, 6.45) is 3.04. The summed E-state index contributed by atoms with van der Waals surface area (Å²) < 4.78 is 5.72. The second-order valence-corrected chi connectivity index (χ2v) is 7.39. The minimum absolute atomic E-state index is 0.253. The van der Waals surface area contributed by atoms with Crippen molar-refractivity contribution in [3.05, 3.63) is 45.4 Å². The number of hydrogen-bond acceptors (Lipinski definition) is 4. The van der Waals surface area contributed by atoms with Crippen molar-refractivity contribution in [3.8, 4) is 5.75 Å². The Balaban J connectivity index is 1.55. The highest BCUT2D eigenvalue weighted by Gasteiger charge is 2.33. The zero-order valence-electron chi connectivity index (χ0n) is 13.7. The quantitative estimate of drug-likeness (QED) is 0.691. The van der Waals surface area contributed by atoms with E-state index in [0.717, 1.165) is 42.3 Å². The maximum atomic E-state index is 12.3. The van der Waals surface area contributed by atoms with Gasteiger partial charge in [0, 0.05) is 22.9 Å². The van der Waals surface area contributed by atoms with E-state index < -0.39 is 0 Å². The Morgan fingerprint density at radius 1 is 1.38 bits per heavy atom. The number of carbonyl (C=O) groups excluding carboxylic acids is 1. The Labute approximate surface area is 151 Å². The molecule has 1 aliphatic rings. The van der Waals surface area contributed by atoms with Gasteiger partial charge in [0.1, 0.15) is 17.4 Å². The van der Waals surface area contributed by atoms with Crippen LogP contribution in [0.4, 0.5) is 0 Å². The Morgan fingerprint density at radius 3 is 2.79 bits per heavy atom. The normalized spacial score (nSPS) is 13.8. The Hall–Kier alpha value is -1.59. The SMILES string of the molecule is CCCN(Cc1csc(COc2ccc(Cl)cc2)n1)C(=O)C1CC1. The number of halogens is 1. The summed E-state index contributed by atoms with van der Waals surface area (Å²) in [4.78, 5) is 18.9. The van der Waals surface area contributed by atoms with Crippen LogP contribution in [0.3, 0.4) is 0 Å². The second-order valence-electron chi connectivity index (χ2n) is 6.01. The van der Waals surface area contributed by atoms with Gasteiger partial charge in [-0.1, -0.05) is 18.5 Å². The van der Waals surface area contributed by atoms with Crippen LogP contribution in [0.5, 0.6) is 5.75 Å². The van der Waals surface area contributed by atoms with E-state index in [0.29, 0.717) is 18.2 Å². The number of ether oxygens (including phenoxy) is 1. The van der Waals surface area contributed by atoms with E-state index in [-0.39, 0.29) is 11.8 Å². The highest BCUT2D eigenvalue weighted by Crippen LogP contribution is 2.31. The lowest BCUT2D eigenvalue weighted by Gasteiger charge is -2.21. The summed E-state index contributed by atoms with van der Waals surface area (Å²) in [7, 11) is 0. The molecule has 128 valence electrons. The van der Waals surface area contributed by atoms with Gasteiger partial charge in [-0.2, -0.15) is 0 Å². The third kappa shape index (κ3) is 4.71. The van der Waals surface area contributed by atoms with Crippen molar-refractivity contribution in [2.24, 2.45) is 5.92 Å². The molecule has 0 bridgehead atoms. The highest BCUT2D eigenvalue weighted by molar-refractivity contribution is 7.09. The van der Waals surface area contributed by atoms with Crippen LogP contribution in [-0.2, 0) is 17.9 Å². The van der Waals surface area contributed by atoms with Gasteiger partial charge in [-0.3, -0.25) is 4.79 Å². The van der Waals surface area contributed by atoms with Crippen LogP contribution in [0.1, 0.15) is 36.9 Å². The molecule has 1 heterocycles. The molecule has 0 radical (unpaired) electrons. The van der Waals surface area contributed by atoms with Crippen molar-refractivity contribution in [1.29, 1.82) is 0 Å². The highest BCUT2D eigenvalue weighted by atomic mass is 35.5. The number of thiazole rings is 1. The van der Waals surface area contributed by atoms with E-state index in [1.807, 2.05) is 22.4 Å². The Kier molecular flexibility index (Phi) is 5.74. The molecule has 6 heteroatoms. The molecule has 1 aliphatic carbocycles. The maximum absolute atomic E-state index is 12.3. The average molecular weight is 365 g/mol. The second kappa shape index (κ2) is 7.99. The van der Waals surface area contributed by atoms with Gasteiger partial charge < -0.3 is 9.64 Å². The number of hydrogen-bond donors (Lipinski definition) is 0. The summed E-state index contributed by atoms with van der Waals surface area (Å²) >= 11 is 7.43. The van der Waals surface area contributed by atoms with Crippen molar-refractivity contribution < 1.29 is 9.53 Å². The summed E-state index contributed by atoms with van der Waals surface area (Å²) in [5.41, 5.74) is 0.942. The monoisotopic (exact) mass is 364 g/mol. The third-order valence-corrected chi connectivity index (χ3v) is 4.98. The fourth-order valence-electron chi connectivity index (χ4n) is 2.48. The molecule has 1 saturated carbocycles. The number of aromatic nitrogens is 1. The predicted octanol–water partition coefficient (Wildman–Crippen LogP) is 4.52. The fourth-order valence-corrected chi connectivity index (χ4v) is 3.31. The van der Waals surface area contributed by atoms with Crippen LogP contribution >= 0.6 is 22.9 Å². The average Bonchev–Trinajstić information content (AvgIpc) is 3.34. The summed E-state index contributed by atoms with van der Waals surface area (Å²) in [5, 5.41) is 3.62. The lowest BCUT2D eigenvalue weighted by atomic mass is 10.3. The first-order chi connectivity index (χ1) is 11.7. The van der Waals surface area contributed by atoms with E-state index in [1.165, 1.54) is 0 Å². The van der Waals surface area contributed by atoms with Gasteiger partial charge in [0.05, 0.1) is 12.2 Å². The molecular formula is C18H21ClN2O2S. The Bertz CT molecular complexity index is 683. The van der Waals surface area contributed by atoms with Crippen molar-refractivity contribution in [2.45, 2.75) is 39.3 Å². The number of rotatable bonds is 8. The van der Waals surface area contributed by atoms with Gasteiger partial charge in [-0.15, -0.1) is 11.3 Å². The predicted molar refractivity (Wildman–Crippen MR) is 96.3 cm³/mol. The number of carbonyl (C=O) groups is 1. The lowest BCUT2D eigenvalue weighted by molar-refractivity contribution is -0.133. The summed E-state index contributed by atoms with van der Waals surface area (Å²) in [6.45, 7) is 3.92. The van der Waals surface area contributed by atoms with Crippen molar-refractivity contribution in [1.82, 2.24) is 9.88 Å². The van der Waals surface area contributed by atoms with Crippen molar-refractivity contribution in [3.63, 3.8) is 0 Å². The van der Waals surface area contributed by atoms with Gasteiger partial charge in [-0.25, -0.2) is 4.98 Å². The first-order valence-corrected chi connectivity index (χ1v) is 9.52. The topological polar surface area (TPSA) is 42.4 Å². The molecule has 1 fully saturated rings. The van der Waals surface area contributed by atoms with Crippen LogP contribution in [-0.4, -0.2) is 22.3 Å². The molecule has 0 saturated heterocycles. The molecule has 0 N–H and O–H groups in total. The first kappa shape index (κ1) is 17.2. The zero-order chi connectivity index (χ0) is 16.9. The molecule has 1 aromatic carbocycles. The number of benzene rings is 1. The zero-order valence-corrected chi connectivity index (χ0v) is 15.3. The van der Waals surface area contributed by atoms with Crippen LogP contribution in [0.25, 0.3) is 0 Å². The van der Waals surface area contributed by atoms with E-state index in [9.17, 15) is 4.79 Å². The van der Waals surface area contributed by atoms with E-state index in [1.54, 1.807) is 23.5 Å². The standard InChI is InChI=1S/C18H21ClN2O2S/c1-2-9-21(18(22)13-3-4-13)10-15-12-24-17(20-15)11-23-16-7-5-14(19)6-8-16/h5-8,12-13H,2-4,9-11H2,1H3. The molecule has 4 nitrogen and oxygen atoms in total. The minimum Gasteiger partial charge on any atom is -0.486 e. The third-order valence-electron chi connectivity index (χ3n) is 3.86. The number of amides is 1. The molecule has 0 aliphatic heterocycles. The Morgan fingerprint density at radius 2 is 2.12 bits per heavy atom. The minimum atomic E-state index is 0.253.